The van der Waals surface area contributed by atoms with Crippen LogP contribution in [0.15, 0.2) is 0 Å². The van der Waals surface area contributed by atoms with Gasteiger partial charge < -0.3 is 10.2 Å². The number of nitrogens with one attached hydrogen (secondary N) is 1. The van der Waals surface area contributed by atoms with Crippen LogP contribution >= 0.6 is 0 Å². The summed E-state index contributed by atoms with van der Waals surface area (Å²) in [6.45, 7) is 14.1. The van der Waals surface area contributed by atoms with Crippen molar-refractivity contribution in [3.05, 3.63) is 0 Å². The van der Waals surface area contributed by atoms with Crippen LogP contribution in [-0.4, -0.2) is 37.1 Å². The van der Waals surface area contributed by atoms with Crippen molar-refractivity contribution in [1.82, 2.24) is 10.2 Å². The lowest BCUT2D eigenvalue weighted by atomic mass is 9.73. The molecule has 1 N–H and O–H groups in total. The van der Waals surface area contributed by atoms with Crippen LogP contribution in [-0.2, 0) is 0 Å². The van der Waals surface area contributed by atoms with E-state index in [0.29, 0.717) is 11.5 Å². The molecule has 18 heavy (non-hydrogen) atoms. The summed E-state index contributed by atoms with van der Waals surface area (Å²) >= 11 is 0. The molecule has 1 aliphatic rings. The average molecular weight is 254 g/mol. The van der Waals surface area contributed by atoms with E-state index in [4.69, 9.17) is 0 Å². The van der Waals surface area contributed by atoms with Crippen molar-refractivity contribution < 1.29 is 0 Å². The maximum Gasteiger partial charge on any atom is 0.00527 e. The molecule has 0 aromatic carbocycles. The van der Waals surface area contributed by atoms with Crippen molar-refractivity contribution in [1.29, 1.82) is 0 Å². The maximum atomic E-state index is 3.69. The molecule has 0 aromatic rings. The van der Waals surface area contributed by atoms with Gasteiger partial charge in [-0.25, -0.2) is 0 Å². The van der Waals surface area contributed by atoms with Crippen LogP contribution in [0.1, 0.15) is 66.2 Å². The quantitative estimate of drug-likeness (QED) is 0.665. The Hall–Kier alpha value is -0.0800. The molecule has 0 aliphatic heterocycles. The van der Waals surface area contributed by atoms with E-state index in [1.165, 1.54) is 64.7 Å². The zero-order valence-corrected chi connectivity index (χ0v) is 13.1. The van der Waals surface area contributed by atoms with Gasteiger partial charge in [-0.1, -0.05) is 33.1 Å². The first kappa shape index (κ1) is 16.0. The van der Waals surface area contributed by atoms with Gasteiger partial charge in [-0.05, 0) is 51.6 Å². The molecule has 0 radical (unpaired) electrons. The summed E-state index contributed by atoms with van der Waals surface area (Å²) in [5.74, 6) is 0. The third-order valence-electron chi connectivity index (χ3n) is 4.52. The lowest BCUT2D eigenvalue weighted by Gasteiger charge is -2.42. The Morgan fingerprint density at radius 3 is 2.28 bits per heavy atom. The van der Waals surface area contributed by atoms with Gasteiger partial charge in [0.1, 0.15) is 0 Å². The van der Waals surface area contributed by atoms with Crippen LogP contribution < -0.4 is 5.32 Å². The minimum atomic E-state index is 0.549. The summed E-state index contributed by atoms with van der Waals surface area (Å²) < 4.78 is 0. The fourth-order valence-corrected chi connectivity index (χ4v) is 3.31. The van der Waals surface area contributed by atoms with Gasteiger partial charge >= 0.3 is 0 Å². The highest BCUT2D eigenvalue weighted by molar-refractivity contribution is 4.88. The van der Waals surface area contributed by atoms with Gasteiger partial charge in [0.05, 0.1) is 0 Å². The van der Waals surface area contributed by atoms with Crippen molar-refractivity contribution in [2.45, 2.75) is 72.3 Å². The summed E-state index contributed by atoms with van der Waals surface area (Å²) in [5, 5.41) is 3.69. The fourth-order valence-electron chi connectivity index (χ4n) is 3.31. The standard InChI is InChI=1S/C16H34N2/c1-5-12-17-13-16(10-8-7-9-11-16)14-18(6-2)15(3)4/h15,17H,5-14H2,1-4H3. The lowest BCUT2D eigenvalue weighted by Crippen LogP contribution is -2.47. The highest BCUT2D eigenvalue weighted by atomic mass is 15.2. The maximum absolute atomic E-state index is 3.69. The molecular weight excluding hydrogens is 220 g/mol. The molecule has 1 saturated carbocycles. The Morgan fingerprint density at radius 2 is 1.78 bits per heavy atom. The van der Waals surface area contributed by atoms with Gasteiger partial charge in [0.2, 0.25) is 0 Å². The molecule has 1 fully saturated rings. The van der Waals surface area contributed by atoms with Gasteiger partial charge in [-0.2, -0.15) is 0 Å². The van der Waals surface area contributed by atoms with Crippen molar-refractivity contribution in [2.75, 3.05) is 26.2 Å². The first-order valence-electron chi connectivity index (χ1n) is 8.08. The molecule has 2 nitrogen and oxygen atoms in total. The lowest BCUT2D eigenvalue weighted by molar-refractivity contribution is 0.0873. The predicted octanol–water partition coefficient (Wildman–Crippen LogP) is 3.67. The summed E-state index contributed by atoms with van der Waals surface area (Å²) in [5.41, 5.74) is 0.549. The average Bonchev–Trinajstić information content (AvgIpc) is 2.37. The second-order valence-corrected chi connectivity index (χ2v) is 6.39. The minimum absolute atomic E-state index is 0.549. The first-order chi connectivity index (χ1) is 8.63. The van der Waals surface area contributed by atoms with E-state index in [1.807, 2.05) is 0 Å². The van der Waals surface area contributed by atoms with E-state index >= 15 is 0 Å². The molecule has 108 valence electrons. The van der Waals surface area contributed by atoms with Crippen LogP contribution in [0.5, 0.6) is 0 Å². The van der Waals surface area contributed by atoms with Gasteiger partial charge in [0.25, 0.3) is 0 Å². The molecule has 0 unspecified atom stereocenters. The van der Waals surface area contributed by atoms with Gasteiger partial charge in [-0.15, -0.1) is 0 Å². The summed E-state index contributed by atoms with van der Waals surface area (Å²) in [7, 11) is 0. The Balaban J connectivity index is 2.58. The molecule has 2 heteroatoms. The molecule has 0 spiro atoms. The molecule has 0 amide bonds. The van der Waals surface area contributed by atoms with Gasteiger partial charge in [0.15, 0.2) is 0 Å². The Bertz CT molecular complexity index is 207. The third kappa shape index (κ3) is 4.89. The van der Waals surface area contributed by atoms with Crippen LogP contribution in [0, 0.1) is 5.41 Å². The van der Waals surface area contributed by atoms with E-state index < -0.39 is 0 Å². The van der Waals surface area contributed by atoms with Crippen LogP contribution in [0.2, 0.25) is 0 Å². The van der Waals surface area contributed by atoms with E-state index in [0.717, 1.165) is 0 Å². The molecule has 0 saturated heterocycles. The van der Waals surface area contributed by atoms with E-state index in [-0.39, 0.29) is 0 Å². The van der Waals surface area contributed by atoms with Crippen molar-refractivity contribution in [2.24, 2.45) is 5.41 Å². The Morgan fingerprint density at radius 1 is 1.11 bits per heavy atom. The summed E-state index contributed by atoms with van der Waals surface area (Å²) in [6, 6.07) is 0.681. The van der Waals surface area contributed by atoms with Crippen LogP contribution in [0.3, 0.4) is 0 Å². The third-order valence-corrected chi connectivity index (χ3v) is 4.52. The zero-order valence-electron chi connectivity index (χ0n) is 13.1. The fraction of sp³-hybridized carbons (Fsp3) is 1.00. The normalized spacial score (nSPS) is 19.7. The van der Waals surface area contributed by atoms with Crippen LogP contribution in [0.25, 0.3) is 0 Å². The Kier molecular flexibility index (Phi) is 7.25. The molecule has 0 aromatic heterocycles. The minimum Gasteiger partial charge on any atom is -0.316 e. The SMILES string of the molecule is CCCNCC1(CN(CC)C(C)C)CCCCC1. The zero-order chi connectivity index (χ0) is 13.4. The predicted molar refractivity (Wildman–Crippen MR) is 81.1 cm³/mol. The second-order valence-electron chi connectivity index (χ2n) is 6.39. The monoisotopic (exact) mass is 254 g/mol. The summed E-state index contributed by atoms with van der Waals surface area (Å²) in [6.07, 6.45) is 8.41. The molecule has 0 atom stereocenters. The van der Waals surface area contributed by atoms with Crippen molar-refractivity contribution >= 4 is 0 Å². The Labute approximate surface area is 115 Å². The number of hydrogen-bond acceptors (Lipinski definition) is 2. The second kappa shape index (κ2) is 8.16. The molecule has 0 heterocycles. The van der Waals surface area contributed by atoms with Crippen molar-refractivity contribution in [3.63, 3.8) is 0 Å². The number of rotatable bonds is 8. The largest absolute Gasteiger partial charge is 0.316 e. The smallest absolute Gasteiger partial charge is 0.00527 e. The van der Waals surface area contributed by atoms with Crippen LogP contribution in [0.4, 0.5) is 0 Å². The first-order valence-corrected chi connectivity index (χ1v) is 8.08. The van der Waals surface area contributed by atoms with Gasteiger partial charge in [0, 0.05) is 19.1 Å². The topological polar surface area (TPSA) is 15.3 Å². The molecule has 1 aliphatic carbocycles. The molecule has 1 rings (SSSR count). The highest BCUT2D eigenvalue weighted by Crippen LogP contribution is 2.36. The molecule has 0 bridgehead atoms. The van der Waals surface area contributed by atoms with E-state index in [1.54, 1.807) is 0 Å². The van der Waals surface area contributed by atoms with Crippen molar-refractivity contribution in [3.8, 4) is 0 Å². The highest BCUT2D eigenvalue weighted by Gasteiger charge is 2.33. The van der Waals surface area contributed by atoms with Gasteiger partial charge in [-0.3, -0.25) is 0 Å². The van der Waals surface area contributed by atoms with E-state index in [9.17, 15) is 0 Å². The number of nitrogens with zero attached hydrogens (tertiary/aromatic N) is 1. The van der Waals surface area contributed by atoms with E-state index in [2.05, 4.69) is 37.9 Å². The number of hydrogen-bond donors (Lipinski definition) is 1. The summed E-state index contributed by atoms with van der Waals surface area (Å²) in [4.78, 5) is 2.65. The molecular formula is C16H34N2.